The van der Waals surface area contributed by atoms with E-state index < -0.39 is 0 Å². The van der Waals surface area contributed by atoms with E-state index in [0.29, 0.717) is 12.6 Å². The lowest BCUT2D eigenvalue weighted by Crippen LogP contribution is -2.52. The van der Waals surface area contributed by atoms with Crippen molar-refractivity contribution in [3.05, 3.63) is 12.7 Å². The molecule has 5 nitrogen and oxygen atoms in total. The predicted molar refractivity (Wildman–Crippen MR) is 93.3 cm³/mol. The van der Waals surface area contributed by atoms with E-state index >= 15 is 0 Å². The van der Waals surface area contributed by atoms with Gasteiger partial charge in [0.1, 0.15) is 0 Å². The molecule has 0 bridgehead atoms. The van der Waals surface area contributed by atoms with E-state index in [1.54, 1.807) is 0 Å². The molecule has 2 aliphatic heterocycles. The SMILES string of the molecule is C=CCCC(O)CN1CCN(CC(=O)N2CCCCC2C)CC1. The second kappa shape index (κ2) is 9.40. The normalized spacial score (nSPS) is 25.3. The van der Waals surface area contributed by atoms with Gasteiger partial charge in [-0.2, -0.15) is 0 Å². The zero-order valence-corrected chi connectivity index (χ0v) is 14.6. The number of hydrogen-bond donors (Lipinski definition) is 1. The van der Waals surface area contributed by atoms with Gasteiger partial charge >= 0.3 is 0 Å². The Morgan fingerprint density at radius 3 is 2.57 bits per heavy atom. The molecular weight excluding hydrogens is 290 g/mol. The summed E-state index contributed by atoms with van der Waals surface area (Å²) in [6.45, 7) is 11.8. The molecule has 2 fully saturated rings. The number of β-amino-alcohol motifs (C(OH)–C–C–N with tert-alkyl or cyclic N) is 1. The molecule has 132 valence electrons. The van der Waals surface area contributed by atoms with Gasteiger partial charge in [0.05, 0.1) is 12.6 Å². The summed E-state index contributed by atoms with van der Waals surface area (Å²) in [5.41, 5.74) is 0. The van der Waals surface area contributed by atoms with Crippen LogP contribution in [0.3, 0.4) is 0 Å². The minimum Gasteiger partial charge on any atom is -0.392 e. The largest absolute Gasteiger partial charge is 0.392 e. The van der Waals surface area contributed by atoms with Crippen LogP contribution in [0.25, 0.3) is 0 Å². The maximum absolute atomic E-state index is 12.5. The molecule has 2 unspecified atom stereocenters. The lowest BCUT2D eigenvalue weighted by molar-refractivity contribution is -0.136. The van der Waals surface area contributed by atoms with E-state index in [1.165, 1.54) is 6.42 Å². The molecule has 0 spiro atoms. The van der Waals surface area contributed by atoms with Crippen molar-refractivity contribution in [2.75, 3.05) is 45.8 Å². The third-order valence-electron chi connectivity index (χ3n) is 5.12. The van der Waals surface area contributed by atoms with Crippen molar-refractivity contribution < 1.29 is 9.90 Å². The molecule has 2 saturated heterocycles. The third-order valence-corrected chi connectivity index (χ3v) is 5.12. The summed E-state index contributed by atoms with van der Waals surface area (Å²) in [5, 5.41) is 9.98. The van der Waals surface area contributed by atoms with Gasteiger partial charge in [-0.15, -0.1) is 6.58 Å². The fourth-order valence-electron chi connectivity index (χ4n) is 3.58. The molecule has 0 aliphatic carbocycles. The third kappa shape index (κ3) is 5.90. The van der Waals surface area contributed by atoms with Crippen LogP contribution in [0.4, 0.5) is 0 Å². The van der Waals surface area contributed by atoms with Crippen LogP contribution >= 0.6 is 0 Å². The molecule has 0 aromatic rings. The molecule has 5 heteroatoms. The Labute approximate surface area is 140 Å². The Kier molecular flexibility index (Phi) is 7.53. The lowest BCUT2D eigenvalue weighted by atomic mass is 10.0. The van der Waals surface area contributed by atoms with Gasteiger partial charge in [0.15, 0.2) is 0 Å². The summed E-state index contributed by atoms with van der Waals surface area (Å²) in [6, 6.07) is 0.401. The number of hydrogen-bond acceptors (Lipinski definition) is 4. The molecule has 2 heterocycles. The molecule has 2 rings (SSSR count). The predicted octanol–water partition coefficient (Wildman–Crippen LogP) is 1.33. The molecule has 0 saturated carbocycles. The fraction of sp³-hybridized carbons (Fsp3) is 0.833. The van der Waals surface area contributed by atoms with Crippen molar-refractivity contribution in [1.29, 1.82) is 0 Å². The van der Waals surface area contributed by atoms with Crippen LogP contribution in [-0.4, -0.2) is 83.7 Å². The van der Waals surface area contributed by atoms with E-state index in [9.17, 15) is 9.90 Å². The molecule has 1 N–H and O–H groups in total. The average Bonchev–Trinajstić information content (AvgIpc) is 2.55. The second-order valence-electron chi connectivity index (χ2n) is 7.03. The highest BCUT2D eigenvalue weighted by atomic mass is 16.3. The number of carbonyl (C=O) groups is 1. The van der Waals surface area contributed by atoms with E-state index in [0.717, 1.165) is 65.0 Å². The van der Waals surface area contributed by atoms with E-state index in [2.05, 4.69) is 28.2 Å². The molecule has 0 radical (unpaired) electrons. The minimum atomic E-state index is -0.268. The minimum absolute atomic E-state index is 0.268. The quantitative estimate of drug-likeness (QED) is 0.718. The van der Waals surface area contributed by atoms with Gasteiger partial charge in [-0.05, 0) is 39.0 Å². The number of likely N-dealkylation sites (tertiary alicyclic amines) is 1. The van der Waals surface area contributed by atoms with Gasteiger partial charge < -0.3 is 10.0 Å². The summed E-state index contributed by atoms with van der Waals surface area (Å²) in [5.74, 6) is 0.289. The molecule has 0 aromatic carbocycles. The van der Waals surface area contributed by atoms with Crippen molar-refractivity contribution in [3.8, 4) is 0 Å². The van der Waals surface area contributed by atoms with Gasteiger partial charge in [0.2, 0.25) is 5.91 Å². The van der Waals surface area contributed by atoms with Crippen molar-refractivity contribution in [2.45, 2.75) is 51.2 Å². The first-order valence-electron chi connectivity index (χ1n) is 9.13. The number of aliphatic hydroxyl groups is 1. The Bertz CT molecular complexity index is 380. The number of nitrogens with zero attached hydrogens (tertiary/aromatic N) is 3. The summed E-state index contributed by atoms with van der Waals surface area (Å²) >= 11 is 0. The smallest absolute Gasteiger partial charge is 0.236 e. The van der Waals surface area contributed by atoms with Gasteiger partial charge in [0, 0.05) is 45.3 Å². The number of allylic oxidation sites excluding steroid dienone is 1. The van der Waals surface area contributed by atoms with Crippen molar-refractivity contribution in [3.63, 3.8) is 0 Å². The van der Waals surface area contributed by atoms with E-state index in [-0.39, 0.29) is 12.0 Å². The van der Waals surface area contributed by atoms with E-state index in [4.69, 9.17) is 0 Å². The van der Waals surface area contributed by atoms with Crippen LogP contribution < -0.4 is 0 Å². The second-order valence-corrected chi connectivity index (χ2v) is 7.03. The first-order chi connectivity index (χ1) is 11.1. The Balaban J connectivity index is 1.68. The molecule has 0 aromatic heterocycles. The highest BCUT2D eigenvalue weighted by Crippen LogP contribution is 2.17. The number of piperidine rings is 1. The zero-order chi connectivity index (χ0) is 16.7. The van der Waals surface area contributed by atoms with Gasteiger partial charge in [0.25, 0.3) is 0 Å². The van der Waals surface area contributed by atoms with Crippen molar-refractivity contribution in [2.24, 2.45) is 0 Å². The van der Waals surface area contributed by atoms with Crippen LogP contribution in [-0.2, 0) is 4.79 Å². The van der Waals surface area contributed by atoms with Gasteiger partial charge in [-0.25, -0.2) is 0 Å². The number of rotatable bonds is 7. The Morgan fingerprint density at radius 2 is 1.91 bits per heavy atom. The summed E-state index contributed by atoms with van der Waals surface area (Å²) in [6.07, 6.45) is 6.77. The van der Waals surface area contributed by atoms with Gasteiger partial charge in [-0.3, -0.25) is 14.6 Å². The molecule has 23 heavy (non-hydrogen) atoms. The molecular formula is C18H33N3O2. The van der Waals surface area contributed by atoms with E-state index in [1.807, 2.05) is 6.08 Å². The summed E-state index contributed by atoms with van der Waals surface area (Å²) in [4.78, 5) is 19.1. The Hall–Kier alpha value is -0.910. The van der Waals surface area contributed by atoms with Gasteiger partial charge in [-0.1, -0.05) is 6.08 Å². The summed E-state index contributed by atoms with van der Waals surface area (Å²) in [7, 11) is 0. The topological polar surface area (TPSA) is 47.0 Å². The Morgan fingerprint density at radius 1 is 1.22 bits per heavy atom. The molecule has 2 atom stereocenters. The maximum Gasteiger partial charge on any atom is 0.236 e. The first kappa shape index (κ1) is 18.4. The van der Waals surface area contributed by atoms with Crippen LogP contribution in [0.2, 0.25) is 0 Å². The molecule has 1 amide bonds. The number of carbonyl (C=O) groups excluding carboxylic acids is 1. The standard InChI is InChI=1S/C18H33N3O2/c1-3-4-8-17(22)14-19-10-12-20(13-11-19)15-18(23)21-9-6-5-7-16(21)2/h3,16-17,22H,1,4-15H2,2H3. The monoisotopic (exact) mass is 323 g/mol. The lowest BCUT2D eigenvalue weighted by Gasteiger charge is -2.38. The van der Waals surface area contributed by atoms with Crippen molar-refractivity contribution in [1.82, 2.24) is 14.7 Å². The van der Waals surface area contributed by atoms with Crippen LogP contribution in [0.15, 0.2) is 12.7 Å². The van der Waals surface area contributed by atoms with Crippen molar-refractivity contribution >= 4 is 5.91 Å². The van der Waals surface area contributed by atoms with Crippen LogP contribution in [0, 0.1) is 0 Å². The number of piperazine rings is 1. The average molecular weight is 323 g/mol. The zero-order valence-electron chi connectivity index (χ0n) is 14.6. The fourth-order valence-corrected chi connectivity index (χ4v) is 3.58. The number of aliphatic hydroxyl groups excluding tert-OH is 1. The first-order valence-corrected chi connectivity index (χ1v) is 9.13. The highest BCUT2D eigenvalue weighted by molar-refractivity contribution is 5.78. The molecule has 2 aliphatic rings. The highest BCUT2D eigenvalue weighted by Gasteiger charge is 2.26. The summed E-state index contributed by atoms with van der Waals surface area (Å²) < 4.78 is 0. The number of amides is 1. The van der Waals surface area contributed by atoms with Crippen LogP contribution in [0.5, 0.6) is 0 Å². The maximum atomic E-state index is 12.5. The van der Waals surface area contributed by atoms with Crippen LogP contribution in [0.1, 0.15) is 39.0 Å².